The molecular formula is C18H29N3. The Labute approximate surface area is 129 Å². The van der Waals surface area contributed by atoms with Crippen molar-refractivity contribution < 1.29 is 0 Å². The van der Waals surface area contributed by atoms with Gasteiger partial charge in [-0.25, -0.2) is 4.98 Å². The number of likely N-dealkylation sites (tertiary alicyclic amines) is 1. The number of rotatable bonds is 4. The molecule has 2 aliphatic heterocycles. The van der Waals surface area contributed by atoms with Crippen LogP contribution in [0.1, 0.15) is 63.5 Å². The summed E-state index contributed by atoms with van der Waals surface area (Å²) in [6.45, 7) is 7.14. The van der Waals surface area contributed by atoms with Crippen LogP contribution in [0.2, 0.25) is 0 Å². The van der Waals surface area contributed by atoms with E-state index in [1.807, 2.05) is 6.20 Å². The van der Waals surface area contributed by atoms with Gasteiger partial charge in [0.1, 0.15) is 5.82 Å². The van der Waals surface area contributed by atoms with Crippen molar-refractivity contribution in [3.63, 3.8) is 0 Å². The minimum Gasteiger partial charge on any atom is -0.356 e. The van der Waals surface area contributed by atoms with Gasteiger partial charge in [0.05, 0.1) is 0 Å². The van der Waals surface area contributed by atoms with Crippen LogP contribution in [-0.4, -0.2) is 36.1 Å². The van der Waals surface area contributed by atoms with Crippen LogP contribution in [0.4, 0.5) is 5.82 Å². The smallest absolute Gasteiger partial charge is 0.133 e. The van der Waals surface area contributed by atoms with Crippen LogP contribution in [0.5, 0.6) is 0 Å². The van der Waals surface area contributed by atoms with Gasteiger partial charge >= 0.3 is 0 Å². The molecule has 0 aliphatic carbocycles. The summed E-state index contributed by atoms with van der Waals surface area (Å²) in [6.07, 6.45) is 11.3. The zero-order valence-electron chi connectivity index (χ0n) is 13.4. The van der Waals surface area contributed by atoms with Crippen molar-refractivity contribution in [1.29, 1.82) is 0 Å². The van der Waals surface area contributed by atoms with Crippen molar-refractivity contribution in [3.05, 3.63) is 23.9 Å². The fourth-order valence-corrected chi connectivity index (χ4v) is 3.94. The molecule has 21 heavy (non-hydrogen) atoms. The van der Waals surface area contributed by atoms with E-state index in [0.717, 1.165) is 0 Å². The molecule has 2 saturated heterocycles. The van der Waals surface area contributed by atoms with Crippen molar-refractivity contribution in [2.45, 2.75) is 57.9 Å². The third kappa shape index (κ3) is 3.39. The summed E-state index contributed by atoms with van der Waals surface area (Å²) in [5.41, 5.74) is 1.48. The van der Waals surface area contributed by atoms with E-state index in [1.165, 1.54) is 82.5 Å². The van der Waals surface area contributed by atoms with Crippen LogP contribution in [0.25, 0.3) is 0 Å². The predicted molar refractivity (Wildman–Crippen MR) is 88.8 cm³/mol. The van der Waals surface area contributed by atoms with Gasteiger partial charge < -0.3 is 4.90 Å². The molecule has 0 aromatic carbocycles. The Kier molecular flexibility index (Phi) is 5.13. The highest BCUT2D eigenvalue weighted by atomic mass is 15.2. The van der Waals surface area contributed by atoms with E-state index in [-0.39, 0.29) is 0 Å². The molecule has 3 rings (SSSR count). The molecule has 2 aliphatic rings. The molecule has 0 amide bonds. The number of hydrogen-bond acceptors (Lipinski definition) is 3. The quantitative estimate of drug-likeness (QED) is 0.834. The molecule has 1 aromatic heterocycles. The molecule has 1 atom stereocenters. The Morgan fingerprint density at radius 3 is 2.71 bits per heavy atom. The summed E-state index contributed by atoms with van der Waals surface area (Å²) >= 11 is 0. The van der Waals surface area contributed by atoms with Crippen molar-refractivity contribution in [2.24, 2.45) is 0 Å². The number of aromatic nitrogens is 1. The van der Waals surface area contributed by atoms with Crippen LogP contribution < -0.4 is 4.90 Å². The molecule has 0 unspecified atom stereocenters. The lowest BCUT2D eigenvalue weighted by Crippen LogP contribution is -2.37. The van der Waals surface area contributed by atoms with Gasteiger partial charge in [-0.1, -0.05) is 19.4 Å². The summed E-state index contributed by atoms with van der Waals surface area (Å²) in [6, 6.07) is 5.04. The van der Waals surface area contributed by atoms with Gasteiger partial charge in [-0.2, -0.15) is 0 Å². The first-order chi connectivity index (χ1) is 10.4. The standard InChI is InChI=1S/C18H29N3/c1-2-12-20-13-7-4-10-17(20)16-9-8-11-19-18(16)21-14-5-3-6-15-21/h8-9,11,17H,2-7,10,12-15H2,1H3/t17-/m1/s1. The molecule has 0 spiro atoms. The minimum atomic E-state index is 0.587. The summed E-state index contributed by atoms with van der Waals surface area (Å²) in [4.78, 5) is 9.99. The summed E-state index contributed by atoms with van der Waals surface area (Å²) in [5, 5.41) is 0. The van der Waals surface area contributed by atoms with Crippen molar-refractivity contribution in [2.75, 3.05) is 31.1 Å². The first-order valence-electron chi connectivity index (χ1n) is 8.84. The lowest BCUT2D eigenvalue weighted by molar-refractivity contribution is 0.149. The van der Waals surface area contributed by atoms with Gasteiger partial charge in [-0.05, 0) is 57.7 Å². The Balaban J connectivity index is 1.85. The number of hydrogen-bond donors (Lipinski definition) is 0. The van der Waals surface area contributed by atoms with Gasteiger partial charge in [0.2, 0.25) is 0 Å². The van der Waals surface area contributed by atoms with Gasteiger partial charge in [-0.3, -0.25) is 4.90 Å². The first-order valence-corrected chi connectivity index (χ1v) is 8.84. The highest BCUT2D eigenvalue weighted by Gasteiger charge is 2.27. The lowest BCUT2D eigenvalue weighted by atomic mass is 9.94. The van der Waals surface area contributed by atoms with Crippen molar-refractivity contribution >= 4 is 5.82 Å². The predicted octanol–water partition coefficient (Wildman–Crippen LogP) is 4.01. The van der Waals surface area contributed by atoms with E-state index in [9.17, 15) is 0 Å². The minimum absolute atomic E-state index is 0.587. The molecule has 0 N–H and O–H groups in total. The zero-order chi connectivity index (χ0) is 14.5. The van der Waals surface area contributed by atoms with Crippen LogP contribution in [0.3, 0.4) is 0 Å². The molecule has 2 fully saturated rings. The molecule has 0 radical (unpaired) electrons. The number of nitrogens with zero attached hydrogens (tertiary/aromatic N) is 3. The van der Waals surface area contributed by atoms with Crippen LogP contribution in [-0.2, 0) is 0 Å². The number of piperidine rings is 2. The van der Waals surface area contributed by atoms with Gasteiger partial charge in [0, 0.05) is 30.9 Å². The fraction of sp³-hybridized carbons (Fsp3) is 0.722. The number of pyridine rings is 1. The Morgan fingerprint density at radius 2 is 1.90 bits per heavy atom. The summed E-state index contributed by atoms with van der Waals surface area (Å²) in [5.74, 6) is 1.27. The Bertz CT molecular complexity index is 438. The topological polar surface area (TPSA) is 19.4 Å². The van der Waals surface area contributed by atoms with Crippen LogP contribution in [0.15, 0.2) is 18.3 Å². The molecule has 3 heterocycles. The third-order valence-corrected chi connectivity index (χ3v) is 4.96. The fourth-order valence-electron chi connectivity index (χ4n) is 3.94. The summed E-state index contributed by atoms with van der Waals surface area (Å²) in [7, 11) is 0. The average molecular weight is 287 g/mol. The lowest BCUT2D eigenvalue weighted by Gasteiger charge is -2.38. The molecule has 116 valence electrons. The van der Waals surface area contributed by atoms with Crippen molar-refractivity contribution in [1.82, 2.24) is 9.88 Å². The first kappa shape index (κ1) is 14.8. The molecule has 1 aromatic rings. The van der Waals surface area contributed by atoms with Gasteiger partial charge in [0.15, 0.2) is 0 Å². The molecular weight excluding hydrogens is 258 g/mol. The molecule has 0 bridgehead atoms. The maximum atomic E-state index is 4.77. The molecule has 0 saturated carbocycles. The van der Waals surface area contributed by atoms with E-state index in [1.54, 1.807) is 0 Å². The Hall–Kier alpha value is -1.09. The average Bonchev–Trinajstić information content (AvgIpc) is 2.57. The second-order valence-electron chi connectivity index (χ2n) is 6.51. The third-order valence-electron chi connectivity index (χ3n) is 4.96. The van der Waals surface area contributed by atoms with E-state index < -0.39 is 0 Å². The van der Waals surface area contributed by atoms with Crippen LogP contribution >= 0.6 is 0 Å². The highest BCUT2D eigenvalue weighted by molar-refractivity contribution is 5.49. The highest BCUT2D eigenvalue weighted by Crippen LogP contribution is 2.36. The normalized spacial score (nSPS) is 24.2. The van der Waals surface area contributed by atoms with Crippen molar-refractivity contribution in [3.8, 4) is 0 Å². The van der Waals surface area contributed by atoms with E-state index in [4.69, 9.17) is 4.98 Å². The summed E-state index contributed by atoms with van der Waals surface area (Å²) < 4.78 is 0. The molecule has 3 heteroatoms. The maximum absolute atomic E-state index is 4.77. The van der Waals surface area contributed by atoms with Crippen LogP contribution in [0, 0.1) is 0 Å². The monoisotopic (exact) mass is 287 g/mol. The Morgan fingerprint density at radius 1 is 1.10 bits per heavy atom. The number of anilines is 1. The van der Waals surface area contributed by atoms with E-state index >= 15 is 0 Å². The SMILES string of the molecule is CCCN1CCCC[C@@H]1c1cccnc1N1CCCCC1. The van der Waals surface area contributed by atoms with Gasteiger partial charge in [-0.15, -0.1) is 0 Å². The largest absolute Gasteiger partial charge is 0.356 e. The van der Waals surface area contributed by atoms with E-state index in [0.29, 0.717) is 6.04 Å². The molecule has 3 nitrogen and oxygen atoms in total. The van der Waals surface area contributed by atoms with Gasteiger partial charge in [0.25, 0.3) is 0 Å². The maximum Gasteiger partial charge on any atom is 0.133 e. The second-order valence-corrected chi connectivity index (χ2v) is 6.51. The second kappa shape index (κ2) is 7.26. The zero-order valence-corrected chi connectivity index (χ0v) is 13.4. The van der Waals surface area contributed by atoms with E-state index in [2.05, 4.69) is 28.9 Å².